The predicted octanol–water partition coefficient (Wildman–Crippen LogP) is 4.81. The molecule has 0 radical (unpaired) electrons. The molecule has 0 saturated carbocycles. The fourth-order valence-corrected chi connectivity index (χ4v) is 3.15. The molecule has 2 aromatic carbocycles. The van der Waals surface area contributed by atoms with Gasteiger partial charge in [-0.05, 0) is 24.5 Å². The molecule has 0 fully saturated rings. The molecule has 0 atom stereocenters. The second-order valence-electron chi connectivity index (χ2n) is 5.37. The summed E-state index contributed by atoms with van der Waals surface area (Å²) < 4.78 is 32.0. The van der Waals surface area contributed by atoms with Crippen LogP contribution in [0.25, 0.3) is 22.3 Å². The molecule has 0 saturated heterocycles. The standard InChI is InChI=1S/C18H12F2N4OS/c1-26-15-5-3-2-4-11(15)16-12-9-21-18(22-17(12)24-23-16)25-14-7-6-10(19)8-13(14)20/h2-9H,1H3,(H,21,22,23,24). The normalized spacial score (nSPS) is 11.0. The number of aromatic amines is 1. The van der Waals surface area contributed by atoms with Gasteiger partial charge in [0.2, 0.25) is 0 Å². The zero-order valence-electron chi connectivity index (χ0n) is 13.5. The van der Waals surface area contributed by atoms with Gasteiger partial charge in [0, 0.05) is 22.7 Å². The largest absolute Gasteiger partial charge is 0.421 e. The van der Waals surface area contributed by atoms with E-state index < -0.39 is 11.6 Å². The maximum Gasteiger partial charge on any atom is 0.324 e. The van der Waals surface area contributed by atoms with E-state index in [9.17, 15) is 8.78 Å². The van der Waals surface area contributed by atoms with Crippen molar-refractivity contribution in [2.24, 2.45) is 0 Å². The SMILES string of the molecule is CSc1ccccc1-c1[nH]nc2nc(Oc3ccc(F)cc3F)ncc12. The highest BCUT2D eigenvalue weighted by atomic mass is 32.2. The number of nitrogens with zero attached hydrogens (tertiary/aromatic N) is 3. The van der Waals surface area contributed by atoms with Crippen molar-refractivity contribution in [1.82, 2.24) is 20.2 Å². The number of benzene rings is 2. The molecule has 0 bridgehead atoms. The lowest BCUT2D eigenvalue weighted by atomic mass is 10.1. The highest BCUT2D eigenvalue weighted by Crippen LogP contribution is 2.33. The van der Waals surface area contributed by atoms with Crippen LogP contribution in [0, 0.1) is 11.6 Å². The molecule has 4 aromatic rings. The fraction of sp³-hybridized carbons (Fsp3) is 0.0556. The van der Waals surface area contributed by atoms with E-state index in [-0.39, 0.29) is 11.8 Å². The number of thioether (sulfide) groups is 1. The van der Waals surface area contributed by atoms with Crippen LogP contribution in [0.15, 0.2) is 53.6 Å². The summed E-state index contributed by atoms with van der Waals surface area (Å²) in [6, 6.07) is 10.9. The molecule has 0 aliphatic heterocycles. The van der Waals surface area contributed by atoms with Crippen molar-refractivity contribution in [1.29, 1.82) is 0 Å². The first-order valence-corrected chi connectivity index (χ1v) is 8.85. The first-order chi connectivity index (χ1) is 12.7. The Morgan fingerprint density at radius 3 is 2.77 bits per heavy atom. The van der Waals surface area contributed by atoms with Crippen LogP contribution in [-0.2, 0) is 0 Å². The third-order valence-electron chi connectivity index (χ3n) is 3.76. The molecule has 0 aliphatic carbocycles. The first kappa shape index (κ1) is 16.5. The van der Waals surface area contributed by atoms with Crippen LogP contribution in [-0.4, -0.2) is 26.4 Å². The van der Waals surface area contributed by atoms with Crippen molar-refractivity contribution in [2.75, 3.05) is 6.26 Å². The Hall–Kier alpha value is -3.00. The second-order valence-corrected chi connectivity index (χ2v) is 6.21. The van der Waals surface area contributed by atoms with Crippen LogP contribution in [0.1, 0.15) is 0 Å². The lowest BCUT2D eigenvalue weighted by Gasteiger charge is -2.06. The van der Waals surface area contributed by atoms with Gasteiger partial charge >= 0.3 is 6.01 Å². The van der Waals surface area contributed by atoms with Crippen molar-refractivity contribution in [3.05, 3.63) is 60.3 Å². The van der Waals surface area contributed by atoms with Crippen LogP contribution >= 0.6 is 11.8 Å². The number of halogens is 2. The van der Waals surface area contributed by atoms with E-state index in [2.05, 4.69) is 20.2 Å². The van der Waals surface area contributed by atoms with Gasteiger partial charge in [-0.25, -0.2) is 13.8 Å². The Balaban J connectivity index is 1.71. The van der Waals surface area contributed by atoms with Crippen molar-refractivity contribution < 1.29 is 13.5 Å². The number of ether oxygens (including phenoxy) is 1. The zero-order chi connectivity index (χ0) is 18.1. The van der Waals surface area contributed by atoms with Gasteiger partial charge in [0.05, 0.1) is 11.1 Å². The van der Waals surface area contributed by atoms with Crippen LogP contribution in [0.2, 0.25) is 0 Å². The maximum absolute atomic E-state index is 13.7. The van der Waals surface area contributed by atoms with E-state index >= 15 is 0 Å². The summed E-state index contributed by atoms with van der Waals surface area (Å²) in [6.45, 7) is 0. The van der Waals surface area contributed by atoms with Gasteiger partial charge in [0.1, 0.15) is 5.82 Å². The topological polar surface area (TPSA) is 63.7 Å². The van der Waals surface area contributed by atoms with Crippen molar-refractivity contribution in [2.45, 2.75) is 4.90 Å². The lowest BCUT2D eigenvalue weighted by molar-refractivity contribution is 0.409. The molecule has 2 heterocycles. The molecule has 8 heteroatoms. The Morgan fingerprint density at radius 2 is 1.96 bits per heavy atom. The van der Waals surface area contributed by atoms with Gasteiger partial charge in [0.15, 0.2) is 17.2 Å². The minimum absolute atomic E-state index is 0.0702. The van der Waals surface area contributed by atoms with Gasteiger partial charge in [-0.3, -0.25) is 5.10 Å². The van der Waals surface area contributed by atoms with E-state index in [1.54, 1.807) is 18.0 Å². The molecule has 0 spiro atoms. The molecule has 2 aromatic heterocycles. The summed E-state index contributed by atoms with van der Waals surface area (Å²) >= 11 is 1.62. The van der Waals surface area contributed by atoms with Crippen molar-refractivity contribution in [3.63, 3.8) is 0 Å². The molecule has 130 valence electrons. The summed E-state index contributed by atoms with van der Waals surface area (Å²) in [5, 5.41) is 7.88. The van der Waals surface area contributed by atoms with Gasteiger partial charge in [-0.1, -0.05) is 18.2 Å². The summed E-state index contributed by atoms with van der Waals surface area (Å²) in [6.07, 6.45) is 3.56. The van der Waals surface area contributed by atoms with E-state index in [0.29, 0.717) is 5.65 Å². The van der Waals surface area contributed by atoms with Gasteiger partial charge < -0.3 is 4.74 Å². The number of aromatic nitrogens is 4. The average Bonchev–Trinajstić information content (AvgIpc) is 3.07. The Kier molecular flexibility index (Phi) is 4.26. The predicted molar refractivity (Wildman–Crippen MR) is 95.3 cm³/mol. The van der Waals surface area contributed by atoms with Gasteiger partial charge in [-0.15, -0.1) is 11.8 Å². The van der Waals surface area contributed by atoms with E-state index in [1.165, 1.54) is 6.07 Å². The number of hydrogen-bond donors (Lipinski definition) is 1. The average molecular weight is 370 g/mol. The van der Waals surface area contributed by atoms with Crippen LogP contribution in [0.5, 0.6) is 11.8 Å². The molecular weight excluding hydrogens is 358 g/mol. The van der Waals surface area contributed by atoms with Crippen LogP contribution in [0.4, 0.5) is 8.78 Å². The molecule has 26 heavy (non-hydrogen) atoms. The summed E-state index contributed by atoms with van der Waals surface area (Å²) in [4.78, 5) is 9.40. The third-order valence-corrected chi connectivity index (χ3v) is 4.56. The molecule has 1 N–H and O–H groups in total. The quantitative estimate of drug-likeness (QED) is 0.522. The number of nitrogens with one attached hydrogen (secondary N) is 1. The van der Waals surface area contributed by atoms with Crippen LogP contribution < -0.4 is 4.74 Å². The minimum Gasteiger partial charge on any atom is -0.421 e. The number of H-pyrrole nitrogens is 1. The molecule has 5 nitrogen and oxygen atoms in total. The fourth-order valence-electron chi connectivity index (χ4n) is 2.55. The summed E-state index contributed by atoms with van der Waals surface area (Å²) in [7, 11) is 0. The number of rotatable bonds is 4. The number of hydrogen-bond acceptors (Lipinski definition) is 5. The first-order valence-electron chi connectivity index (χ1n) is 7.63. The summed E-state index contributed by atoms with van der Waals surface area (Å²) in [5.41, 5.74) is 2.18. The molecule has 0 unspecified atom stereocenters. The van der Waals surface area contributed by atoms with Crippen molar-refractivity contribution >= 4 is 22.8 Å². The minimum atomic E-state index is -0.828. The van der Waals surface area contributed by atoms with E-state index in [1.807, 2.05) is 30.5 Å². The van der Waals surface area contributed by atoms with Crippen LogP contribution in [0.3, 0.4) is 0 Å². The Bertz CT molecular complexity index is 1100. The maximum atomic E-state index is 13.7. The van der Waals surface area contributed by atoms with E-state index in [0.717, 1.165) is 33.7 Å². The Morgan fingerprint density at radius 1 is 1.12 bits per heavy atom. The van der Waals surface area contributed by atoms with E-state index in [4.69, 9.17) is 4.74 Å². The molecule has 0 aliphatic rings. The second kappa shape index (κ2) is 6.72. The lowest BCUT2D eigenvalue weighted by Crippen LogP contribution is -1.94. The van der Waals surface area contributed by atoms with Gasteiger partial charge in [-0.2, -0.15) is 10.1 Å². The van der Waals surface area contributed by atoms with Gasteiger partial charge in [0.25, 0.3) is 0 Å². The monoisotopic (exact) mass is 370 g/mol. The highest BCUT2D eigenvalue weighted by molar-refractivity contribution is 7.98. The molecule has 0 amide bonds. The van der Waals surface area contributed by atoms with Crippen molar-refractivity contribution in [3.8, 4) is 23.0 Å². The zero-order valence-corrected chi connectivity index (χ0v) is 14.3. The molecule has 4 rings (SSSR count). The Labute approximate surface area is 151 Å². The third kappa shape index (κ3) is 2.99. The summed E-state index contributed by atoms with van der Waals surface area (Å²) in [5.74, 6) is -1.67. The molecular formula is C18H12F2N4OS. The smallest absolute Gasteiger partial charge is 0.324 e. The number of fused-ring (bicyclic) bond motifs is 1. The highest BCUT2D eigenvalue weighted by Gasteiger charge is 2.15.